The van der Waals surface area contributed by atoms with Crippen LogP contribution >= 0.6 is 0 Å². The number of carbonyl (C=O) groups excluding carboxylic acids is 2. The normalized spacial score (nSPS) is 18.7. The van der Waals surface area contributed by atoms with Gasteiger partial charge in [-0.25, -0.2) is 4.98 Å². The maximum atomic E-state index is 11.8. The first-order chi connectivity index (χ1) is 9.61. The van der Waals surface area contributed by atoms with Gasteiger partial charge in [0.15, 0.2) is 0 Å². The Hall–Kier alpha value is -1.98. The second-order valence-corrected chi connectivity index (χ2v) is 5.11. The summed E-state index contributed by atoms with van der Waals surface area (Å²) in [5.41, 5.74) is 1.09. The molecule has 0 bridgehead atoms. The summed E-state index contributed by atoms with van der Waals surface area (Å²) in [6, 6.07) is 0. The molecule has 20 heavy (non-hydrogen) atoms. The summed E-state index contributed by atoms with van der Waals surface area (Å²) >= 11 is 0. The Balaban J connectivity index is 2.10. The van der Waals surface area contributed by atoms with Gasteiger partial charge in [0.1, 0.15) is 5.69 Å². The first-order valence-corrected chi connectivity index (χ1v) is 6.89. The number of rotatable bonds is 3. The average Bonchev–Trinajstić information content (AvgIpc) is 2.47. The van der Waals surface area contributed by atoms with Crippen LogP contribution in [0.2, 0.25) is 0 Å². The molecule has 2 rings (SSSR count). The van der Waals surface area contributed by atoms with Gasteiger partial charge in [0, 0.05) is 39.5 Å². The Morgan fingerprint density at radius 1 is 1.40 bits per heavy atom. The molecule has 1 atom stereocenters. The Labute approximate surface area is 118 Å². The van der Waals surface area contributed by atoms with Crippen LogP contribution in [0.5, 0.6) is 0 Å². The molecule has 1 aromatic heterocycles. The molecule has 0 spiro atoms. The van der Waals surface area contributed by atoms with Gasteiger partial charge in [0.05, 0.1) is 5.69 Å². The van der Waals surface area contributed by atoms with Crippen molar-refractivity contribution in [2.45, 2.75) is 26.2 Å². The van der Waals surface area contributed by atoms with E-state index in [0.29, 0.717) is 23.7 Å². The van der Waals surface area contributed by atoms with Crippen molar-refractivity contribution in [3.05, 3.63) is 23.8 Å². The highest BCUT2D eigenvalue weighted by atomic mass is 16.2. The fraction of sp³-hybridized carbons (Fsp3) is 0.571. The minimum atomic E-state index is -0.215. The van der Waals surface area contributed by atoms with E-state index in [2.05, 4.69) is 15.3 Å². The molecule has 1 aliphatic rings. The van der Waals surface area contributed by atoms with E-state index < -0.39 is 0 Å². The minimum Gasteiger partial charge on any atom is -0.354 e. The number of hydrogen-bond donors (Lipinski definition) is 1. The lowest BCUT2D eigenvalue weighted by molar-refractivity contribution is -0.130. The Morgan fingerprint density at radius 2 is 2.15 bits per heavy atom. The third kappa shape index (κ3) is 3.31. The summed E-state index contributed by atoms with van der Waals surface area (Å²) in [7, 11) is 1.58. The molecule has 1 saturated heterocycles. The van der Waals surface area contributed by atoms with Crippen LogP contribution in [-0.2, 0) is 11.2 Å². The molecule has 1 aliphatic heterocycles. The van der Waals surface area contributed by atoms with E-state index in [9.17, 15) is 9.59 Å². The Kier molecular flexibility index (Phi) is 4.65. The van der Waals surface area contributed by atoms with Gasteiger partial charge in [0.25, 0.3) is 5.91 Å². The van der Waals surface area contributed by atoms with Gasteiger partial charge in [0.2, 0.25) is 5.91 Å². The maximum Gasteiger partial charge on any atom is 0.271 e. The smallest absolute Gasteiger partial charge is 0.271 e. The monoisotopic (exact) mass is 276 g/mol. The summed E-state index contributed by atoms with van der Waals surface area (Å²) in [4.78, 5) is 33.5. The van der Waals surface area contributed by atoms with Gasteiger partial charge in [-0.15, -0.1) is 0 Å². The third-order valence-electron chi connectivity index (χ3n) is 3.66. The van der Waals surface area contributed by atoms with Crippen LogP contribution in [0.4, 0.5) is 0 Å². The maximum absolute atomic E-state index is 11.8. The number of aromatic nitrogens is 2. The number of likely N-dealkylation sites (tertiary alicyclic amines) is 1. The van der Waals surface area contributed by atoms with Crippen LogP contribution in [-0.4, -0.2) is 46.8 Å². The van der Waals surface area contributed by atoms with Gasteiger partial charge >= 0.3 is 0 Å². The summed E-state index contributed by atoms with van der Waals surface area (Å²) in [6.45, 7) is 3.16. The van der Waals surface area contributed by atoms with Crippen molar-refractivity contribution in [2.24, 2.45) is 5.92 Å². The number of nitrogens with zero attached hydrogens (tertiary/aromatic N) is 3. The lowest BCUT2D eigenvalue weighted by atomic mass is 9.92. The van der Waals surface area contributed by atoms with Crippen LogP contribution in [0.3, 0.4) is 0 Å². The fourth-order valence-electron chi connectivity index (χ4n) is 2.62. The first kappa shape index (κ1) is 14.4. The van der Waals surface area contributed by atoms with Gasteiger partial charge < -0.3 is 10.2 Å². The molecule has 6 nitrogen and oxygen atoms in total. The molecule has 2 heterocycles. The SMILES string of the molecule is CNC(=O)c1nccnc1C[C@H]1CCCN(C(C)=O)C1. The van der Waals surface area contributed by atoms with Crippen molar-refractivity contribution in [1.82, 2.24) is 20.2 Å². The average molecular weight is 276 g/mol. The van der Waals surface area contributed by atoms with E-state index >= 15 is 0 Å². The third-order valence-corrected chi connectivity index (χ3v) is 3.66. The lowest BCUT2D eigenvalue weighted by Gasteiger charge is -2.32. The molecule has 108 valence electrons. The number of carbonyl (C=O) groups is 2. The molecule has 1 N–H and O–H groups in total. The quantitative estimate of drug-likeness (QED) is 0.879. The summed E-state index contributed by atoms with van der Waals surface area (Å²) < 4.78 is 0. The zero-order chi connectivity index (χ0) is 14.5. The number of hydrogen-bond acceptors (Lipinski definition) is 4. The summed E-state index contributed by atoms with van der Waals surface area (Å²) in [5.74, 6) is 0.237. The standard InChI is InChI=1S/C14H20N4O2/c1-10(19)18-7-3-4-11(9-18)8-12-13(14(20)15-2)17-6-5-16-12/h5-6,11H,3-4,7-9H2,1-2H3,(H,15,20)/t11-/m1/s1. The van der Waals surface area contributed by atoms with E-state index in [1.54, 1.807) is 20.2 Å². The molecule has 2 amide bonds. The van der Waals surface area contributed by atoms with E-state index in [1.165, 1.54) is 6.20 Å². The van der Waals surface area contributed by atoms with Crippen molar-refractivity contribution in [3.63, 3.8) is 0 Å². The van der Waals surface area contributed by atoms with E-state index in [0.717, 1.165) is 25.9 Å². The van der Waals surface area contributed by atoms with E-state index in [-0.39, 0.29) is 11.8 Å². The summed E-state index contributed by atoms with van der Waals surface area (Å²) in [6.07, 6.45) is 5.86. The topological polar surface area (TPSA) is 75.2 Å². The minimum absolute atomic E-state index is 0.111. The number of amides is 2. The first-order valence-electron chi connectivity index (χ1n) is 6.89. The number of nitrogens with one attached hydrogen (secondary N) is 1. The molecule has 0 aromatic carbocycles. The molecule has 6 heteroatoms. The van der Waals surface area contributed by atoms with E-state index in [4.69, 9.17) is 0 Å². The van der Waals surface area contributed by atoms with Gasteiger partial charge in [-0.3, -0.25) is 14.6 Å². The molecule has 0 saturated carbocycles. The molecule has 0 aliphatic carbocycles. The highest BCUT2D eigenvalue weighted by molar-refractivity contribution is 5.93. The molecule has 1 aromatic rings. The fourth-order valence-corrected chi connectivity index (χ4v) is 2.62. The highest BCUT2D eigenvalue weighted by Crippen LogP contribution is 2.21. The second-order valence-electron chi connectivity index (χ2n) is 5.11. The molecule has 0 radical (unpaired) electrons. The van der Waals surface area contributed by atoms with Crippen molar-refractivity contribution in [1.29, 1.82) is 0 Å². The predicted octanol–water partition coefficient (Wildman–Crippen LogP) is 0.637. The molecule has 1 fully saturated rings. The van der Waals surface area contributed by atoms with E-state index in [1.807, 2.05) is 4.90 Å². The van der Waals surface area contributed by atoms with Crippen molar-refractivity contribution < 1.29 is 9.59 Å². The zero-order valence-corrected chi connectivity index (χ0v) is 11.9. The van der Waals surface area contributed by atoms with Gasteiger partial charge in [-0.1, -0.05) is 0 Å². The van der Waals surface area contributed by atoms with Crippen LogP contribution in [0.25, 0.3) is 0 Å². The summed E-state index contributed by atoms with van der Waals surface area (Å²) in [5, 5.41) is 2.58. The number of piperidine rings is 1. The van der Waals surface area contributed by atoms with Gasteiger partial charge in [-0.2, -0.15) is 0 Å². The Bertz CT molecular complexity index is 504. The molecular formula is C14H20N4O2. The van der Waals surface area contributed by atoms with Gasteiger partial charge in [-0.05, 0) is 25.2 Å². The largest absolute Gasteiger partial charge is 0.354 e. The van der Waals surface area contributed by atoms with Crippen LogP contribution < -0.4 is 5.32 Å². The highest BCUT2D eigenvalue weighted by Gasteiger charge is 2.24. The second kappa shape index (κ2) is 6.45. The zero-order valence-electron chi connectivity index (χ0n) is 11.9. The lowest BCUT2D eigenvalue weighted by Crippen LogP contribution is -2.39. The molecular weight excluding hydrogens is 256 g/mol. The van der Waals surface area contributed by atoms with Crippen molar-refractivity contribution in [2.75, 3.05) is 20.1 Å². The van der Waals surface area contributed by atoms with Crippen LogP contribution in [0, 0.1) is 5.92 Å². The van der Waals surface area contributed by atoms with Crippen LogP contribution in [0.15, 0.2) is 12.4 Å². The van der Waals surface area contributed by atoms with Crippen LogP contribution in [0.1, 0.15) is 35.9 Å². The predicted molar refractivity (Wildman–Crippen MR) is 74.1 cm³/mol. The molecule has 0 unspecified atom stereocenters. The van der Waals surface area contributed by atoms with Crippen molar-refractivity contribution in [3.8, 4) is 0 Å². The Morgan fingerprint density at radius 3 is 2.85 bits per heavy atom. The van der Waals surface area contributed by atoms with Crippen molar-refractivity contribution >= 4 is 11.8 Å².